The molecule has 10 heavy (non-hydrogen) atoms. The highest BCUT2D eigenvalue weighted by Gasteiger charge is 2.10. The molecule has 1 rings (SSSR count). The van der Waals surface area contributed by atoms with Gasteiger partial charge in [0.15, 0.2) is 5.76 Å². The van der Waals surface area contributed by atoms with Crippen LogP contribution in [0.1, 0.15) is 24.9 Å². The van der Waals surface area contributed by atoms with E-state index in [0.717, 1.165) is 0 Å². The largest absolute Gasteiger partial charge is 0.460 e. The van der Waals surface area contributed by atoms with Gasteiger partial charge in [0.05, 0.1) is 0 Å². The van der Waals surface area contributed by atoms with Gasteiger partial charge in [0.1, 0.15) is 5.76 Å². The van der Waals surface area contributed by atoms with Crippen LogP contribution in [-0.4, -0.2) is 0 Å². The third-order valence-electron chi connectivity index (χ3n) is 1.25. The minimum absolute atomic E-state index is 0.239. The number of furan rings is 1. The molecule has 0 saturated carbocycles. The van der Waals surface area contributed by atoms with E-state index in [0.29, 0.717) is 12.2 Å². The van der Waals surface area contributed by atoms with E-state index in [1.807, 2.05) is 6.92 Å². The van der Waals surface area contributed by atoms with Crippen molar-refractivity contribution in [3.63, 3.8) is 0 Å². The third kappa shape index (κ3) is 1.35. The van der Waals surface area contributed by atoms with Crippen LogP contribution in [0.2, 0.25) is 0 Å². The lowest BCUT2D eigenvalue weighted by Crippen LogP contribution is -1.76. The van der Waals surface area contributed by atoms with E-state index in [4.69, 9.17) is 4.42 Å². The maximum atomic E-state index is 11.8. The predicted octanol–water partition coefficient (Wildman–Crippen LogP) is 2.78. The summed E-state index contributed by atoms with van der Waals surface area (Å²) in [7, 11) is 0. The molecule has 1 aromatic rings. The number of halogens is 2. The second-order valence-electron chi connectivity index (χ2n) is 1.96. The number of hydrogen-bond donors (Lipinski definition) is 0. The zero-order valence-electron chi connectivity index (χ0n) is 5.60. The van der Waals surface area contributed by atoms with Crippen molar-refractivity contribution in [3.05, 3.63) is 23.7 Å². The summed E-state index contributed by atoms with van der Waals surface area (Å²) in [5.41, 5.74) is 0. The van der Waals surface area contributed by atoms with E-state index in [-0.39, 0.29) is 5.76 Å². The molecule has 0 bridgehead atoms. The van der Waals surface area contributed by atoms with E-state index in [1.165, 1.54) is 6.07 Å². The zero-order chi connectivity index (χ0) is 7.56. The molecular formula is C7H8F2O. The van der Waals surface area contributed by atoms with Gasteiger partial charge in [0, 0.05) is 6.42 Å². The van der Waals surface area contributed by atoms with E-state index in [9.17, 15) is 8.78 Å². The van der Waals surface area contributed by atoms with Crippen LogP contribution < -0.4 is 0 Å². The van der Waals surface area contributed by atoms with E-state index in [1.54, 1.807) is 6.07 Å². The smallest absolute Gasteiger partial charge is 0.295 e. The van der Waals surface area contributed by atoms with Gasteiger partial charge in [-0.15, -0.1) is 0 Å². The molecule has 0 aromatic carbocycles. The van der Waals surface area contributed by atoms with Crippen molar-refractivity contribution in [1.29, 1.82) is 0 Å². The van der Waals surface area contributed by atoms with Crippen molar-refractivity contribution in [2.45, 2.75) is 19.8 Å². The lowest BCUT2D eigenvalue weighted by atomic mass is 10.4. The van der Waals surface area contributed by atoms with Crippen molar-refractivity contribution in [2.75, 3.05) is 0 Å². The number of alkyl halides is 2. The second-order valence-corrected chi connectivity index (χ2v) is 1.96. The normalized spacial score (nSPS) is 10.8. The van der Waals surface area contributed by atoms with Gasteiger partial charge in [0.25, 0.3) is 6.43 Å². The van der Waals surface area contributed by atoms with Crippen LogP contribution >= 0.6 is 0 Å². The minimum Gasteiger partial charge on any atom is -0.460 e. The first-order valence-electron chi connectivity index (χ1n) is 3.10. The Labute approximate surface area is 57.7 Å². The average molecular weight is 146 g/mol. The minimum atomic E-state index is -2.49. The van der Waals surface area contributed by atoms with Crippen molar-refractivity contribution < 1.29 is 13.2 Å². The summed E-state index contributed by atoms with van der Waals surface area (Å²) in [5, 5.41) is 0. The summed E-state index contributed by atoms with van der Waals surface area (Å²) in [6.07, 6.45) is -1.83. The highest BCUT2D eigenvalue weighted by molar-refractivity contribution is 5.07. The Kier molecular flexibility index (Phi) is 2.04. The highest BCUT2D eigenvalue weighted by Crippen LogP contribution is 2.20. The van der Waals surface area contributed by atoms with Crippen molar-refractivity contribution in [2.24, 2.45) is 0 Å². The van der Waals surface area contributed by atoms with Gasteiger partial charge in [-0.05, 0) is 12.1 Å². The summed E-state index contributed by atoms with van der Waals surface area (Å²) >= 11 is 0. The van der Waals surface area contributed by atoms with Gasteiger partial charge >= 0.3 is 0 Å². The van der Waals surface area contributed by atoms with Crippen LogP contribution in [0.4, 0.5) is 8.78 Å². The van der Waals surface area contributed by atoms with Crippen LogP contribution in [0.25, 0.3) is 0 Å². The van der Waals surface area contributed by atoms with Gasteiger partial charge in [-0.3, -0.25) is 0 Å². The summed E-state index contributed by atoms with van der Waals surface area (Å²) in [6.45, 7) is 1.86. The molecule has 0 atom stereocenters. The van der Waals surface area contributed by atoms with Crippen molar-refractivity contribution >= 4 is 0 Å². The fourth-order valence-corrected chi connectivity index (χ4v) is 0.702. The van der Waals surface area contributed by atoms with Gasteiger partial charge in [-0.1, -0.05) is 6.92 Å². The van der Waals surface area contributed by atoms with E-state index < -0.39 is 6.43 Å². The van der Waals surface area contributed by atoms with Gasteiger partial charge in [-0.25, -0.2) is 8.78 Å². The molecule has 0 spiro atoms. The van der Waals surface area contributed by atoms with Crippen LogP contribution in [0.5, 0.6) is 0 Å². The van der Waals surface area contributed by atoms with Crippen molar-refractivity contribution in [3.8, 4) is 0 Å². The van der Waals surface area contributed by atoms with Gasteiger partial charge in [-0.2, -0.15) is 0 Å². The first-order chi connectivity index (χ1) is 4.74. The van der Waals surface area contributed by atoms with Crippen LogP contribution in [0.15, 0.2) is 16.5 Å². The molecule has 0 aliphatic heterocycles. The quantitative estimate of drug-likeness (QED) is 0.625. The Hall–Kier alpha value is -0.860. The first-order valence-corrected chi connectivity index (χ1v) is 3.10. The zero-order valence-corrected chi connectivity index (χ0v) is 5.60. The summed E-state index contributed by atoms with van der Waals surface area (Å²) in [4.78, 5) is 0. The highest BCUT2D eigenvalue weighted by atomic mass is 19.3. The Bertz CT molecular complexity index is 205. The van der Waals surface area contributed by atoms with Crippen LogP contribution in [-0.2, 0) is 6.42 Å². The molecule has 0 N–H and O–H groups in total. The third-order valence-corrected chi connectivity index (χ3v) is 1.25. The van der Waals surface area contributed by atoms with E-state index >= 15 is 0 Å². The Morgan fingerprint density at radius 3 is 2.50 bits per heavy atom. The fourth-order valence-electron chi connectivity index (χ4n) is 0.702. The predicted molar refractivity (Wildman–Crippen MR) is 33.0 cm³/mol. The molecule has 0 unspecified atom stereocenters. The molecule has 56 valence electrons. The Morgan fingerprint density at radius 1 is 1.50 bits per heavy atom. The number of hydrogen-bond acceptors (Lipinski definition) is 1. The molecule has 0 amide bonds. The van der Waals surface area contributed by atoms with Crippen LogP contribution in [0.3, 0.4) is 0 Å². The summed E-state index contributed by atoms with van der Waals surface area (Å²) in [6, 6.07) is 2.88. The van der Waals surface area contributed by atoms with Gasteiger partial charge < -0.3 is 4.42 Å². The fraction of sp³-hybridized carbons (Fsp3) is 0.429. The Balaban J connectivity index is 2.78. The van der Waals surface area contributed by atoms with Gasteiger partial charge in [0.2, 0.25) is 0 Å². The standard InChI is InChI=1S/C7H8F2O/c1-2-5-3-4-6(10-5)7(8)9/h3-4,7H,2H2,1H3. The van der Waals surface area contributed by atoms with E-state index in [2.05, 4.69) is 0 Å². The molecule has 3 heteroatoms. The Morgan fingerprint density at radius 2 is 2.20 bits per heavy atom. The molecule has 0 fully saturated rings. The first kappa shape index (κ1) is 7.25. The maximum Gasteiger partial charge on any atom is 0.295 e. The summed E-state index contributed by atoms with van der Waals surface area (Å²) in [5.74, 6) is 0.368. The number of rotatable bonds is 2. The molecule has 1 heterocycles. The lowest BCUT2D eigenvalue weighted by Gasteiger charge is -1.90. The molecule has 0 saturated heterocycles. The van der Waals surface area contributed by atoms with Crippen molar-refractivity contribution in [1.82, 2.24) is 0 Å². The molecule has 0 aliphatic carbocycles. The molecule has 0 radical (unpaired) electrons. The maximum absolute atomic E-state index is 11.8. The SMILES string of the molecule is CCc1ccc(C(F)F)o1. The monoisotopic (exact) mass is 146 g/mol. The topological polar surface area (TPSA) is 13.1 Å². The second kappa shape index (κ2) is 2.82. The molecule has 1 aromatic heterocycles. The number of aryl methyl sites for hydroxylation is 1. The lowest BCUT2D eigenvalue weighted by molar-refractivity contribution is 0.120. The molecule has 1 nitrogen and oxygen atoms in total. The average Bonchev–Trinajstić information content (AvgIpc) is 2.34. The van der Waals surface area contributed by atoms with Crippen LogP contribution in [0, 0.1) is 0 Å². The molecule has 0 aliphatic rings. The molecular weight excluding hydrogens is 138 g/mol. The summed E-state index contributed by atoms with van der Waals surface area (Å²) < 4.78 is 28.4.